The second-order valence-corrected chi connectivity index (χ2v) is 5.76. The van der Waals surface area contributed by atoms with Gasteiger partial charge in [0, 0.05) is 17.6 Å². The van der Waals surface area contributed by atoms with Gasteiger partial charge in [0.2, 0.25) is 0 Å². The third kappa shape index (κ3) is 3.46. The van der Waals surface area contributed by atoms with Crippen LogP contribution in [-0.4, -0.2) is 11.0 Å². The van der Waals surface area contributed by atoms with Gasteiger partial charge in [0.1, 0.15) is 17.1 Å². The van der Waals surface area contributed by atoms with Crippen LogP contribution in [0.5, 0.6) is 5.75 Å². The van der Waals surface area contributed by atoms with Crippen LogP contribution in [0.3, 0.4) is 0 Å². The van der Waals surface area contributed by atoms with Crippen molar-refractivity contribution in [3.05, 3.63) is 94.7 Å². The number of esters is 1. The highest BCUT2D eigenvalue weighted by molar-refractivity contribution is 5.91. The van der Waals surface area contributed by atoms with Gasteiger partial charge in [0.15, 0.2) is 0 Å². The molecule has 0 radical (unpaired) electrons. The van der Waals surface area contributed by atoms with Gasteiger partial charge in [-0.2, -0.15) is 0 Å². The van der Waals surface area contributed by atoms with E-state index in [9.17, 15) is 14.0 Å². The van der Waals surface area contributed by atoms with Gasteiger partial charge in [-0.15, -0.1) is 0 Å². The number of rotatable bonds is 3. The van der Waals surface area contributed by atoms with Crippen LogP contribution in [0.4, 0.5) is 4.39 Å². The summed E-state index contributed by atoms with van der Waals surface area (Å²) in [4.78, 5) is 28.6. The summed E-state index contributed by atoms with van der Waals surface area (Å²) < 4.78 is 23.6. The average Bonchev–Trinajstić information content (AvgIpc) is 2.68. The second kappa shape index (κ2) is 6.84. The Kier molecular flexibility index (Phi) is 4.22. The third-order valence-corrected chi connectivity index (χ3v) is 3.94. The van der Waals surface area contributed by atoms with E-state index in [1.165, 1.54) is 30.3 Å². The Morgan fingerprint density at radius 2 is 1.81 bits per heavy atom. The molecule has 4 aromatic rings. The summed E-state index contributed by atoms with van der Waals surface area (Å²) >= 11 is 0. The van der Waals surface area contributed by atoms with E-state index < -0.39 is 17.4 Å². The Morgan fingerprint density at radius 1 is 1.00 bits per heavy atom. The summed E-state index contributed by atoms with van der Waals surface area (Å²) in [5.41, 5.74) is 0.815. The van der Waals surface area contributed by atoms with Gasteiger partial charge in [0.05, 0.1) is 16.8 Å². The van der Waals surface area contributed by atoms with Crippen molar-refractivity contribution in [1.29, 1.82) is 0 Å². The fraction of sp³-hybridized carbons (Fsp3) is 0. The first-order chi connectivity index (χ1) is 13.1. The summed E-state index contributed by atoms with van der Waals surface area (Å²) in [6.07, 6.45) is 1.59. The van der Waals surface area contributed by atoms with Gasteiger partial charge in [-0.1, -0.05) is 6.07 Å². The maximum Gasteiger partial charge on any atom is 0.345 e. The minimum atomic E-state index is -0.637. The second-order valence-electron chi connectivity index (χ2n) is 5.76. The molecule has 0 fully saturated rings. The molecule has 0 aliphatic heterocycles. The number of pyridine rings is 1. The zero-order chi connectivity index (χ0) is 18.8. The normalized spacial score (nSPS) is 10.7. The molecule has 27 heavy (non-hydrogen) atoms. The first kappa shape index (κ1) is 16.7. The molecule has 2 aromatic heterocycles. The average molecular weight is 361 g/mol. The summed E-state index contributed by atoms with van der Waals surface area (Å²) in [6.45, 7) is 0. The lowest BCUT2D eigenvalue weighted by molar-refractivity contribution is 0.0735. The number of nitrogens with zero attached hydrogens (tertiary/aromatic N) is 1. The number of ether oxygens (including phenoxy) is 1. The molecule has 0 aliphatic carbocycles. The van der Waals surface area contributed by atoms with Crippen molar-refractivity contribution in [3.8, 4) is 17.0 Å². The molecule has 0 spiro atoms. The van der Waals surface area contributed by atoms with E-state index in [1.54, 1.807) is 42.6 Å². The largest absolute Gasteiger partial charge is 0.423 e. The van der Waals surface area contributed by atoms with Crippen LogP contribution < -0.4 is 10.4 Å². The maximum atomic E-state index is 12.9. The molecule has 0 saturated heterocycles. The highest BCUT2D eigenvalue weighted by Crippen LogP contribution is 2.24. The standard InChI is InChI=1S/C21H12FNO4/c22-15-7-4-13(5-8-15)20(24)26-16-9-6-14-11-17(18-3-1-2-10-23-18)21(25)27-19(14)12-16/h1-12H. The van der Waals surface area contributed by atoms with E-state index in [-0.39, 0.29) is 16.9 Å². The Hall–Kier alpha value is -3.80. The fourth-order valence-electron chi connectivity index (χ4n) is 2.61. The molecule has 2 heterocycles. The van der Waals surface area contributed by atoms with Gasteiger partial charge in [0.25, 0.3) is 0 Å². The molecule has 4 rings (SSSR count). The van der Waals surface area contributed by atoms with Crippen LogP contribution in [0.2, 0.25) is 0 Å². The Bertz CT molecular complexity index is 1180. The van der Waals surface area contributed by atoms with Crippen molar-refractivity contribution in [2.24, 2.45) is 0 Å². The lowest BCUT2D eigenvalue weighted by Gasteiger charge is -2.06. The van der Waals surface area contributed by atoms with Crippen molar-refractivity contribution < 1.29 is 18.3 Å². The number of carbonyl (C=O) groups is 1. The molecular weight excluding hydrogens is 349 g/mol. The van der Waals surface area contributed by atoms with Gasteiger partial charge >= 0.3 is 11.6 Å². The number of benzene rings is 2. The molecule has 0 unspecified atom stereocenters. The quantitative estimate of drug-likeness (QED) is 0.311. The molecular formula is C21H12FNO4. The number of carbonyl (C=O) groups excluding carboxylic acids is 1. The van der Waals surface area contributed by atoms with Crippen LogP contribution in [-0.2, 0) is 0 Å². The summed E-state index contributed by atoms with van der Waals surface area (Å²) in [5.74, 6) is -0.866. The van der Waals surface area contributed by atoms with Crippen LogP contribution in [0.1, 0.15) is 10.4 Å². The highest BCUT2D eigenvalue weighted by atomic mass is 19.1. The number of fused-ring (bicyclic) bond motifs is 1. The Balaban J connectivity index is 1.66. The van der Waals surface area contributed by atoms with Gasteiger partial charge in [-0.25, -0.2) is 14.0 Å². The lowest BCUT2D eigenvalue weighted by Crippen LogP contribution is -2.08. The van der Waals surface area contributed by atoms with Crippen molar-refractivity contribution in [3.63, 3.8) is 0 Å². The zero-order valence-corrected chi connectivity index (χ0v) is 13.9. The molecule has 6 heteroatoms. The van der Waals surface area contributed by atoms with Gasteiger partial charge in [-0.05, 0) is 54.6 Å². The van der Waals surface area contributed by atoms with E-state index in [2.05, 4.69) is 4.98 Å². The van der Waals surface area contributed by atoms with Crippen molar-refractivity contribution in [2.45, 2.75) is 0 Å². The molecule has 132 valence electrons. The van der Waals surface area contributed by atoms with Crippen LogP contribution in [0.25, 0.3) is 22.2 Å². The lowest BCUT2D eigenvalue weighted by atomic mass is 10.1. The number of hydrogen-bond acceptors (Lipinski definition) is 5. The van der Waals surface area contributed by atoms with E-state index in [1.807, 2.05) is 0 Å². The highest BCUT2D eigenvalue weighted by Gasteiger charge is 2.12. The Labute approximate surface area is 152 Å². The van der Waals surface area contributed by atoms with E-state index >= 15 is 0 Å². The van der Waals surface area contributed by atoms with Crippen LogP contribution in [0, 0.1) is 5.82 Å². The molecule has 0 atom stereocenters. The van der Waals surface area contributed by atoms with Crippen molar-refractivity contribution in [1.82, 2.24) is 4.98 Å². The van der Waals surface area contributed by atoms with E-state index in [0.29, 0.717) is 16.6 Å². The smallest absolute Gasteiger partial charge is 0.345 e. The summed E-state index contributed by atoms with van der Waals surface area (Å²) in [7, 11) is 0. The molecule has 0 N–H and O–H groups in total. The molecule has 0 bridgehead atoms. The van der Waals surface area contributed by atoms with Crippen molar-refractivity contribution >= 4 is 16.9 Å². The number of hydrogen-bond donors (Lipinski definition) is 0. The molecule has 5 nitrogen and oxygen atoms in total. The number of halogens is 1. The summed E-state index contributed by atoms with van der Waals surface area (Å²) in [5, 5.41) is 0.664. The van der Waals surface area contributed by atoms with Crippen LogP contribution in [0.15, 0.2) is 82.1 Å². The first-order valence-corrected chi connectivity index (χ1v) is 8.07. The third-order valence-electron chi connectivity index (χ3n) is 3.94. The minimum Gasteiger partial charge on any atom is -0.423 e. The monoisotopic (exact) mass is 361 g/mol. The number of aromatic nitrogens is 1. The first-order valence-electron chi connectivity index (χ1n) is 8.07. The SMILES string of the molecule is O=C(Oc1ccc2cc(-c3ccccn3)c(=O)oc2c1)c1ccc(F)cc1. The predicted molar refractivity (Wildman–Crippen MR) is 97.1 cm³/mol. The maximum absolute atomic E-state index is 12.9. The fourth-order valence-corrected chi connectivity index (χ4v) is 2.61. The topological polar surface area (TPSA) is 69.4 Å². The predicted octanol–water partition coefficient (Wildman–Crippen LogP) is 4.21. The molecule has 0 amide bonds. The molecule has 0 saturated carbocycles. The zero-order valence-electron chi connectivity index (χ0n) is 13.9. The summed E-state index contributed by atoms with van der Waals surface area (Å²) in [6, 6.07) is 16.7. The van der Waals surface area contributed by atoms with Crippen molar-refractivity contribution in [2.75, 3.05) is 0 Å². The molecule has 0 aliphatic rings. The van der Waals surface area contributed by atoms with Crippen LogP contribution >= 0.6 is 0 Å². The van der Waals surface area contributed by atoms with Gasteiger partial charge < -0.3 is 9.15 Å². The van der Waals surface area contributed by atoms with E-state index in [4.69, 9.17) is 9.15 Å². The minimum absolute atomic E-state index is 0.212. The van der Waals surface area contributed by atoms with Gasteiger partial charge in [-0.3, -0.25) is 4.98 Å². The Morgan fingerprint density at radius 3 is 2.56 bits per heavy atom. The molecule has 2 aromatic carbocycles. The van der Waals surface area contributed by atoms with E-state index in [0.717, 1.165) is 0 Å².